The Kier molecular flexibility index (Phi) is 21.4. The zero-order valence-corrected chi connectivity index (χ0v) is 31.2. The van der Waals surface area contributed by atoms with Crippen LogP contribution in [0.4, 0.5) is 0 Å². The number of epoxide rings is 1. The predicted molar refractivity (Wildman–Crippen MR) is 191 cm³/mol. The van der Waals surface area contributed by atoms with Crippen molar-refractivity contribution < 1.29 is 28.9 Å². The predicted octanol–water partition coefficient (Wildman–Crippen LogP) is 9.63. The number of aliphatic hydroxyl groups excluding tert-OH is 1. The van der Waals surface area contributed by atoms with E-state index in [1.54, 1.807) is 0 Å². The third-order valence-electron chi connectivity index (χ3n) is 8.53. The van der Waals surface area contributed by atoms with Gasteiger partial charge in [-0.3, -0.25) is 9.59 Å². The molecule has 0 bridgehead atoms. The monoisotopic (exact) mass is 642 g/mol. The Labute approximate surface area is 281 Å². The summed E-state index contributed by atoms with van der Waals surface area (Å²) in [4.78, 5) is 22.1. The topological polar surface area (TPSA) is 85.4 Å². The molecule has 0 radical (unpaired) electrons. The first-order valence-corrected chi connectivity index (χ1v) is 17.3. The average molecular weight is 643 g/mol. The van der Waals surface area contributed by atoms with Gasteiger partial charge in [-0.1, -0.05) is 124 Å². The van der Waals surface area contributed by atoms with Gasteiger partial charge in [0.2, 0.25) is 0 Å². The highest BCUT2D eigenvalue weighted by Gasteiger charge is 2.27. The second-order valence-electron chi connectivity index (χ2n) is 13.9. The summed E-state index contributed by atoms with van der Waals surface area (Å²) in [5.74, 6) is 1.07. The molecule has 1 aliphatic heterocycles. The molecular formula is C40H66O6. The maximum Gasteiger partial charge on any atom is 0.311 e. The van der Waals surface area contributed by atoms with Crippen LogP contribution in [0.25, 0.3) is 0 Å². The molecule has 4 unspecified atom stereocenters. The van der Waals surface area contributed by atoms with Gasteiger partial charge in [-0.2, -0.15) is 0 Å². The van der Waals surface area contributed by atoms with Crippen LogP contribution in [-0.2, 0) is 29.2 Å². The number of esters is 2. The molecule has 262 valence electrons. The molecule has 0 aromatic heterocycles. The van der Waals surface area contributed by atoms with E-state index in [1.807, 2.05) is 34.6 Å². The molecule has 6 nitrogen and oxygen atoms in total. The van der Waals surface area contributed by atoms with Gasteiger partial charge in [-0.05, 0) is 73.5 Å². The average Bonchev–Trinajstić information content (AvgIpc) is 3.90. The highest BCUT2D eigenvalue weighted by atomic mass is 16.6. The van der Waals surface area contributed by atoms with Crippen molar-refractivity contribution >= 4 is 11.9 Å². The lowest BCUT2D eigenvalue weighted by Gasteiger charge is -2.20. The van der Waals surface area contributed by atoms with Crippen LogP contribution in [0.1, 0.15) is 137 Å². The van der Waals surface area contributed by atoms with Crippen molar-refractivity contribution in [2.45, 2.75) is 132 Å². The number of carbonyl (C=O) groups excluding carboxylic acids is 2. The fourth-order valence-corrected chi connectivity index (χ4v) is 3.69. The highest BCUT2D eigenvalue weighted by Crippen LogP contribution is 2.25. The first-order valence-electron chi connectivity index (χ1n) is 17.3. The van der Waals surface area contributed by atoms with Crippen LogP contribution in [-0.4, -0.2) is 49.6 Å². The number of hydrogen-bond acceptors (Lipinski definition) is 6. The van der Waals surface area contributed by atoms with E-state index >= 15 is 0 Å². The van der Waals surface area contributed by atoms with Gasteiger partial charge in [0.25, 0.3) is 0 Å². The molecule has 0 aliphatic carbocycles. The minimum absolute atomic E-state index is 0.0220. The third-order valence-corrected chi connectivity index (χ3v) is 8.53. The molecule has 1 N–H and O–H groups in total. The fraction of sp³-hybridized carbons (Fsp3) is 0.650. The molecule has 1 fully saturated rings. The van der Waals surface area contributed by atoms with Crippen molar-refractivity contribution in [1.29, 1.82) is 0 Å². The smallest absolute Gasteiger partial charge is 0.311 e. The van der Waals surface area contributed by atoms with Gasteiger partial charge in [-0.15, -0.1) is 0 Å². The van der Waals surface area contributed by atoms with E-state index in [0.717, 1.165) is 19.4 Å². The Morgan fingerprint density at radius 3 is 1.70 bits per heavy atom. The van der Waals surface area contributed by atoms with E-state index in [9.17, 15) is 9.59 Å². The van der Waals surface area contributed by atoms with E-state index in [4.69, 9.17) is 19.3 Å². The van der Waals surface area contributed by atoms with E-state index in [0.29, 0.717) is 18.4 Å². The maximum atomic E-state index is 11.1. The molecule has 2 aromatic rings. The quantitative estimate of drug-likeness (QED) is 0.183. The van der Waals surface area contributed by atoms with Crippen LogP contribution < -0.4 is 0 Å². The Bertz CT molecular complexity index is 1070. The molecular weight excluding hydrogens is 576 g/mol. The molecule has 1 heterocycles. The summed E-state index contributed by atoms with van der Waals surface area (Å²) < 4.78 is 14.6. The third kappa shape index (κ3) is 18.4. The molecule has 3 rings (SSSR count). The summed E-state index contributed by atoms with van der Waals surface area (Å²) in [5, 5.41) is 8.38. The van der Waals surface area contributed by atoms with E-state index < -0.39 is 5.41 Å². The molecule has 0 saturated carbocycles. The van der Waals surface area contributed by atoms with E-state index in [1.165, 1.54) is 29.5 Å². The summed E-state index contributed by atoms with van der Waals surface area (Å²) in [5.41, 5.74) is 4.18. The molecule has 6 heteroatoms. The summed E-state index contributed by atoms with van der Waals surface area (Å²) >= 11 is 0. The maximum absolute atomic E-state index is 11.1. The zero-order chi connectivity index (χ0) is 35.3. The van der Waals surface area contributed by atoms with E-state index in [2.05, 4.69) is 103 Å². The van der Waals surface area contributed by atoms with Gasteiger partial charge in [0.05, 0.1) is 24.5 Å². The summed E-state index contributed by atoms with van der Waals surface area (Å²) in [6.07, 6.45) is 4.21. The van der Waals surface area contributed by atoms with Gasteiger partial charge >= 0.3 is 11.9 Å². The molecule has 0 amide bonds. The number of benzene rings is 2. The Balaban J connectivity index is 0.000000592. The fourth-order valence-electron chi connectivity index (χ4n) is 3.69. The van der Waals surface area contributed by atoms with Gasteiger partial charge in [-0.25, -0.2) is 0 Å². The second kappa shape index (κ2) is 22.8. The Morgan fingerprint density at radius 2 is 1.30 bits per heavy atom. The molecule has 1 saturated heterocycles. The molecule has 2 aromatic carbocycles. The first kappa shape index (κ1) is 43.3. The van der Waals surface area contributed by atoms with Crippen LogP contribution in [0.5, 0.6) is 0 Å². The van der Waals surface area contributed by atoms with Gasteiger partial charge in [0, 0.05) is 0 Å². The number of aliphatic hydroxyl groups is 1. The highest BCUT2D eigenvalue weighted by molar-refractivity contribution is 5.75. The van der Waals surface area contributed by atoms with Crippen molar-refractivity contribution in [3.05, 3.63) is 71.3 Å². The number of carbonyl (C=O) groups is 2. The number of rotatable bonds is 12. The lowest BCUT2D eigenvalue weighted by molar-refractivity contribution is -0.155. The standard InChI is InChI=1S/C14H22.C10H14.C8H14O3.C8H16O3/c1-6-11(2)12-7-9-13(10-8-12)14(3,4)5;1-3-9(2)10-7-5-4-6-8-10;1-3-6(2)8(9)11-5-7-4-10-7;1-4-8(2,3)7(10)11-6-5-9/h7-11H,6H2,1-5H3;4-9H,3H2,1-2H3;6-7H,3-5H2,1-2H3;9H,4-6H2,1-3H3. The largest absolute Gasteiger partial charge is 0.463 e. The number of ether oxygens (including phenoxy) is 3. The first-order chi connectivity index (χ1) is 21.6. The molecule has 46 heavy (non-hydrogen) atoms. The Hall–Kier alpha value is -2.70. The number of hydrogen-bond donors (Lipinski definition) is 1. The van der Waals surface area contributed by atoms with Crippen LogP contribution >= 0.6 is 0 Å². The van der Waals surface area contributed by atoms with Crippen molar-refractivity contribution in [3.63, 3.8) is 0 Å². The summed E-state index contributed by atoms with van der Waals surface area (Å²) in [6.45, 7) is 26.4. The lowest BCUT2D eigenvalue weighted by atomic mass is 9.85. The van der Waals surface area contributed by atoms with Crippen molar-refractivity contribution in [3.8, 4) is 0 Å². The Morgan fingerprint density at radius 1 is 0.804 bits per heavy atom. The summed E-state index contributed by atoms with van der Waals surface area (Å²) in [6, 6.07) is 19.7. The van der Waals surface area contributed by atoms with Gasteiger partial charge in [0.1, 0.15) is 19.3 Å². The van der Waals surface area contributed by atoms with Crippen LogP contribution in [0.2, 0.25) is 0 Å². The second-order valence-corrected chi connectivity index (χ2v) is 13.9. The van der Waals surface area contributed by atoms with Crippen LogP contribution in [0.15, 0.2) is 54.6 Å². The lowest BCUT2D eigenvalue weighted by Crippen LogP contribution is -2.26. The minimum Gasteiger partial charge on any atom is -0.463 e. The molecule has 0 spiro atoms. The minimum atomic E-state index is -0.421. The normalized spacial score (nSPS) is 15.6. The summed E-state index contributed by atoms with van der Waals surface area (Å²) in [7, 11) is 0. The SMILES string of the molecule is CCC(C)(C)C(=O)OCCO.CCC(C)C(=O)OCC1CO1.CCC(C)c1ccc(C(C)(C)C)cc1.CCC(C)c1ccccc1. The van der Waals surface area contributed by atoms with Gasteiger partial charge < -0.3 is 19.3 Å². The van der Waals surface area contributed by atoms with Crippen molar-refractivity contribution in [2.24, 2.45) is 11.3 Å². The van der Waals surface area contributed by atoms with Gasteiger partial charge in [0.15, 0.2) is 0 Å². The molecule has 1 aliphatic rings. The van der Waals surface area contributed by atoms with Crippen LogP contribution in [0, 0.1) is 11.3 Å². The molecule has 4 atom stereocenters. The van der Waals surface area contributed by atoms with Crippen LogP contribution in [0.3, 0.4) is 0 Å². The van der Waals surface area contributed by atoms with E-state index in [-0.39, 0.29) is 42.6 Å². The van der Waals surface area contributed by atoms with Crippen molar-refractivity contribution in [1.82, 2.24) is 0 Å². The zero-order valence-electron chi connectivity index (χ0n) is 31.2. The van der Waals surface area contributed by atoms with Crippen molar-refractivity contribution in [2.75, 3.05) is 26.4 Å².